The lowest BCUT2D eigenvalue weighted by atomic mass is 10.2. The topological polar surface area (TPSA) is 52.3 Å². The lowest BCUT2D eigenvalue weighted by Crippen LogP contribution is -2.08. The van der Waals surface area contributed by atoms with Gasteiger partial charge in [-0.25, -0.2) is 0 Å². The van der Waals surface area contributed by atoms with Gasteiger partial charge < -0.3 is 10.5 Å². The fourth-order valence-corrected chi connectivity index (χ4v) is 2.46. The maximum absolute atomic E-state index is 11.8. The van der Waals surface area contributed by atoms with Crippen LogP contribution in [0.1, 0.15) is 90.9 Å². The van der Waals surface area contributed by atoms with Gasteiger partial charge in [0.05, 0.1) is 0 Å². The van der Waals surface area contributed by atoms with Crippen molar-refractivity contribution in [2.24, 2.45) is 5.73 Å². The van der Waals surface area contributed by atoms with Crippen molar-refractivity contribution in [1.29, 1.82) is 0 Å². The second-order valence-corrected chi connectivity index (χ2v) is 6.76. The molecule has 154 valence electrons. The van der Waals surface area contributed by atoms with Gasteiger partial charge in [-0.3, -0.25) is 4.79 Å². The lowest BCUT2D eigenvalue weighted by molar-refractivity contribution is -0.139. The van der Waals surface area contributed by atoms with Crippen molar-refractivity contribution in [3.05, 3.63) is 48.3 Å². The molecule has 0 fully saturated rings. The van der Waals surface area contributed by atoms with E-state index in [0.717, 1.165) is 44.3 Å². The molecule has 0 amide bonds. The Morgan fingerprint density at radius 3 is 2.04 bits per heavy atom. The molecular weight excluding hydrogens is 334 g/mol. The largest absolute Gasteiger partial charge is 0.431 e. The van der Waals surface area contributed by atoms with E-state index in [-0.39, 0.29) is 5.97 Å². The molecule has 0 rings (SSSR count). The maximum atomic E-state index is 11.8. The summed E-state index contributed by atoms with van der Waals surface area (Å²) in [5.74, 6) is 0.629. The molecule has 0 aliphatic carbocycles. The van der Waals surface area contributed by atoms with E-state index >= 15 is 0 Å². The monoisotopic (exact) mass is 375 g/mol. The molecule has 27 heavy (non-hydrogen) atoms. The van der Waals surface area contributed by atoms with Crippen LogP contribution in [0.5, 0.6) is 0 Å². The van der Waals surface area contributed by atoms with Gasteiger partial charge in [0.1, 0.15) is 5.76 Å². The highest BCUT2D eigenvalue weighted by Gasteiger charge is 2.06. The fourth-order valence-electron chi connectivity index (χ4n) is 2.46. The highest BCUT2D eigenvalue weighted by Crippen LogP contribution is 2.12. The number of ether oxygens (including phenoxy) is 1. The standard InChI is InChI=1S/C24H41NO2/c1-3-5-7-8-9-10-11-12-13-14-15-16-17-20-23(19-6-4-2)27-24(26)21-18-22-25/h9-10,12-13,15-16,20H,3-8,11,14,17-19,21-22,25H2,1-2H3/b10-9-,13-12-,16-15-,23-20-. The molecule has 3 heteroatoms. The Labute approximate surface area is 167 Å². The van der Waals surface area contributed by atoms with E-state index < -0.39 is 0 Å². The Balaban J connectivity index is 4.05. The molecule has 0 unspecified atom stereocenters. The van der Waals surface area contributed by atoms with Crippen molar-refractivity contribution in [2.45, 2.75) is 90.9 Å². The third-order valence-electron chi connectivity index (χ3n) is 4.11. The quantitative estimate of drug-likeness (QED) is 0.132. The highest BCUT2D eigenvalue weighted by molar-refractivity contribution is 5.70. The molecule has 0 heterocycles. The van der Waals surface area contributed by atoms with Crippen LogP contribution in [-0.4, -0.2) is 12.5 Å². The van der Waals surface area contributed by atoms with Crippen LogP contribution in [0.3, 0.4) is 0 Å². The van der Waals surface area contributed by atoms with Crippen LogP contribution >= 0.6 is 0 Å². The smallest absolute Gasteiger partial charge is 0.310 e. The summed E-state index contributed by atoms with van der Waals surface area (Å²) in [6.07, 6.45) is 27.1. The van der Waals surface area contributed by atoms with Gasteiger partial charge in [-0.1, -0.05) is 69.6 Å². The van der Waals surface area contributed by atoms with Crippen LogP contribution in [0.4, 0.5) is 0 Å². The molecule has 0 aromatic rings. The Kier molecular flexibility index (Phi) is 19.5. The fraction of sp³-hybridized carbons (Fsp3) is 0.625. The molecule has 0 aromatic carbocycles. The number of carbonyl (C=O) groups is 1. The summed E-state index contributed by atoms with van der Waals surface area (Å²) in [7, 11) is 0. The number of hydrogen-bond donors (Lipinski definition) is 1. The van der Waals surface area contributed by atoms with Gasteiger partial charge in [0.15, 0.2) is 0 Å². The molecule has 0 aromatic heterocycles. The van der Waals surface area contributed by atoms with Gasteiger partial charge in [0.2, 0.25) is 0 Å². The molecule has 3 nitrogen and oxygen atoms in total. The highest BCUT2D eigenvalue weighted by atomic mass is 16.5. The van der Waals surface area contributed by atoms with Crippen LogP contribution < -0.4 is 5.73 Å². The second-order valence-electron chi connectivity index (χ2n) is 6.76. The van der Waals surface area contributed by atoms with E-state index in [2.05, 4.69) is 50.3 Å². The molecule has 0 bridgehead atoms. The second kappa shape index (κ2) is 20.7. The predicted octanol–water partition coefficient (Wildman–Crippen LogP) is 6.76. The number of rotatable bonds is 17. The molecular formula is C24H41NO2. The summed E-state index contributed by atoms with van der Waals surface area (Å²) in [4.78, 5) is 11.8. The third kappa shape index (κ3) is 19.0. The first-order chi connectivity index (χ1) is 13.2. The van der Waals surface area contributed by atoms with E-state index in [4.69, 9.17) is 10.5 Å². The molecule has 0 radical (unpaired) electrons. The Hall–Kier alpha value is -1.61. The minimum Gasteiger partial charge on any atom is -0.431 e. The van der Waals surface area contributed by atoms with Gasteiger partial charge in [-0.15, -0.1) is 0 Å². The summed E-state index contributed by atoms with van der Waals surface area (Å²) in [6.45, 7) is 4.90. The van der Waals surface area contributed by atoms with E-state index in [0.29, 0.717) is 19.4 Å². The van der Waals surface area contributed by atoms with Crippen LogP contribution in [0.2, 0.25) is 0 Å². The van der Waals surface area contributed by atoms with E-state index in [9.17, 15) is 4.79 Å². The van der Waals surface area contributed by atoms with Gasteiger partial charge >= 0.3 is 5.97 Å². The summed E-state index contributed by atoms with van der Waals surface area (Å²) in [5.41, 5.74) is 5.44. The Bertz CT molecular complexity index is 461. The first kappa shape index (κ1) is 25.4. The zero-order chi connectivity index (χ0) is 20.0. The average molecular weight is 376 g/mol. The van der Waals surface area contributed by atoms with Gasteiger partial charge in [0, 0.05) is 12.8 Å². The molecule has 0 saturated heterocycles. The van der Waals surface area contributed by atoms with Crippen LogP contribution in [0, 0.1) is 0 Å². The predicted molar refractivity (Wildman–Crippen MR) is 117 cm³/mol. The molecule has 2 N–H and O–H groups in total. The van der Waals surface area contributed by atoms with E-state index in [1.165, 1.54) is 25.7 Å². The van der Waals surface area contributed by atoms with Gasteiger partial charge in [0.25, 0.3) is 0 Å². The van der Waals surface area contributed by atoms with Crippen molar-refractivity contribution >= 4 is 5.97 Å². The van der Waals surface area contributed by atoms with E-state index in [1.54, 1.807) is 0 Å². The first-order valence-electron chi connectivity index (χ1n) is 10.8. The van der Waals surface area contributed by atoms with Crippen molar-refractivity contribution < 1.29 is 9.53 Å². The molecule has 0 spiro atoms. The van der Waals surface area contributed by atoms with Crippen molar-refractivity contribution in [2.75, 3.05) is 6.54 Å². The number of nitrogens with two attached hydrogens (primary N) is 1. The Morgan fingerprint density at radius 2 is 1.41 bits per heavy atom. The van der Waals surface area contributed by atoms with Crippen LogP contribution in [-0.2, 0) is 9.53 Å². The van der Waals surface area contributed by atoms with Gasteiger partial charge in [-0.05, 0) is 57.6 Å². The summed E-state index contributed by atoms with van der Waals surface area (Å²) in [5, 5.41) is 0. The number of unbranched alkanes of at least 4 members (excludes halogenated alkanes) is 4. The lowest BCUT2D eigenvalue weighted by Gasteiger charge is -2.08. The van der Waals surface area contributed by atoms with Crippen molar-refractivity contribution in [3.8, 4) is 0 Å². The van der Waals surface area contributed by atoms with Crippen molar-refractivity contribution in [1.82, 2.24) is 0 Å². The van der Waals surface area contributed by atoms with Crippen molar-refractivity contribution in [3.63, 3.8) is 0 Å². The number of allylic oxidation sites excluding steroid dienone is 8. The minimum atomic E-state index is -0.169. The summed E-state index contributed by atoms with van der Waals surface area (Å²) in [6, 6.07) is 0. The number of carbonyl (C=O) groups excluding carboxylic acids is 1. The molecule has 0 aliphatic rings. The zero-order valence-electron chi connectivity index (χ0n) is 17.6. The molecule has 0 saturated carbocycles. The maximum Gasteiger partial charge on any atom is 0.310 e. The zero-order valence-corrected chi connectivity index (χ0v) is 17.6. The summed E-state index contributed by atoms with van der Waals surface area (Å²) < 4.78 is 5.47. The van der Waals surface area contributed by atoms with E-state index in [1.807, 2.05) is 6.08 Å². The normalized spacial score (nSPS) is 12.6. The number of hydrogen-bond acceptors (Lipinski definition) is 3. The average Bonchev–Trinajstić information content (AvgIpc) is 2.67. The molecule has 0 atom stereocenters. The SMILES string of the molecule is CCCCC/C=C\C/C=C\C/C=C\C/C=C(/CCCC)OC(=O)CCCN. The first-order valence-corrected chi connectivity index (χ1v) is 10.8. The minimum absolute atomic E-state index is 0.169. The Morgan fingerprint density at radius 1 is 0.778 bits per heavy atom. The third-order valence-corrected chi connectivity index (χ3v) is 4.11. The van der Waals surface area contributed by atoms with Gasteiger partial charge in [-0.2, -0.15) is 0 Å². The molecule has 0 aliphatic heterocycles. The van der Waals surface area contributed by atoms with Crippen LogP contribution in [0.15, 0.2) is 48.3 Å². The summed E-state index contributed by atoms with van der Waals surface area (Å²) >= 11 is 0. The van der Waals surface area contributed by atoms with Crippen LogP contribution in [0.25, 0.3) is 0 Å². The number of esters is 1.